The molecule has 0 bridgehead atoms. The summed E-state index contributed by atoms with van der Waals surface area (Å²) < 4.78 is 29.1. The van der Waals surface area contributed by atoms with Crippen LogP contribution >= 0.6 is 0 Å². The largest absolute Gasteiger partial charge is 0.381 e. The van der Waals surface area contributed by atoms with Crippen molar-refractivity contribution < 1.29 is 17.9 Å². The summed E-state index contributed by atoms with van der Waals surface area (Å²) in [4.78, 5) is 11.6. The van der Waals surface area contributed by atoms with Gasteiger partial charge in [-0.15, -0.1) is 0 Å². The molecule has 6 nitrogen and oxygen atoms in total. The second-order valence-corrected chi connectivity index (χ2v) is 8.69. The highest BCUT2D eigenvalue weighted by Gasteiger charge is 2.10. The van der Waals surface area contributed by atoms with Crippen LogP contribution in [0.3, 0.4) is 0 Å². The maximum Gasteiger partial charge on any atom is 0.220 e. The lowest BCUT2D eigenvalue weighted by Crippen LogP contribution is -2.26. The third kappa shape index (κ3) is 16.2. The Morgan fingerprint density at radius 2 is 1.71 bits per heavy atom. The molecule has 0 aliphatic rings. The molecule has 0 aliphatic carbocycles. The smallest absolute Gasteiger partial charge is 0.220 e. The Labute approximate surface area is 148 Å². The van der Waals surface area contributed by atoms with E-state index < -0.39 is 9.84 Å². The average molecular weight is 365 g/mol. The number of amides is 1. The Hall–Kier alpha value is -0.660. The summed E-state index contributed by atoms with van der Waals surface area (Å²) in [5.41, 5.74) is 0. The average Bonchev–Trinajstić information content (AvgIpc) is 2.51. The van der Waals surface area contributed by atoms with Gasteiger partial charge >= 0.3 is 0 Å². The molecule has 7 heteroatoms. The van der Waals surface area contributed by atoms with Gasteiger partial charge in [0.1, 0.15) is 9.84 Å². The second-order valence-electron chi connectivity index (χ2n) is 6.39. The number of rotatable bonds is 16. The van der Waals surface area contributed by atoms with E-state index in [0.29, 0.717) is 44.9 Å². The fourth-order valence-electron chi connectivity index (χ4n) is 2.13. The van der Waals surface area contributed by atoms with Gasteiger partial charge < -0.3 is 15.4 Å². The van der Waals surface area contributed by atoms with Crippen molar-refractivity contribution in [3.05, 3.63) is 0 Å². The van der Waals surface area contributed by atoms with E-state index in [0.717, 1.165) is 26.0 Å². The fourth-order valence-corrected chi connectivity index (χ4v) is 3.56. The first kappa shape index (κ1) is 23.3. The lowest BCUT2D eigenvalue weighted by atomic mass is 10.3. The molecule has 144 valence electrons. The predicted molar refractivity (Wildman–Crippen MR) is 99.0 cm³/mol. The molecule has 0 aromatic rings. The zero-order valence-corrected chi connectivity index (χ0v) is 16.4. The normalized spacial score (nSPS) is 11.8. The molecule has 0 spiro atoms. The Kier molecular flexibility index (Phi) is 14.3. The summed E-state index contributed by atoms with van der Waals surface area (Å²) in [6, 6.07) is 0.384. The number of carbonyl (C=O) groups excluding carboxylic acids is 1. The molecular formula is C17H36N2O4S. The molecule has 0 atom stereocenters. The second kappa shape index (κ2) is 14.7. The monoisotopic (exact) mass is 364 g/mol. The van der Waals surface area contributed by atoms with Crippen molar-refractivity contribution in [1.29, 1.82) is 0 Å². The van der Waals surface area contributed by atoms with Crippen LogP contribution in [0.4, 0.5) is 0 Å². The van der Waals surface area contributed by atoms with Crippen LogP contribution in [0.25, 0.3) is 0 Å². The van der Waals surface area contributed by atoms with Crippen molar-refractivity contribution in [2.45, 2.75) is 65.3 Å². The highest BCUT2D eigenvalue weighted by atomic mass is 32.2. The Bertz CT molecular complexity index is 411. The molecule has 0 unspecified atom stereocenters. The predicted octanol–water partition coefficient (Wildman–Crippen LogP) is 1.89. The van der Waals surface area contributed by atoms with Crippen molar-refractivity contribution in [3.8, 4) is 0 Å². The van der Waals surface area contributed by atoms with Gasteiger partial charge in [0, 0.05) is 32.2 Å². The minimum atomic E-state index is -2.97. The van der Waals surface area contributed by atoms with E-state index in [1.54, 1.807) is 0 Å². The van der Waals surface area contributed by atoms with Gasteiger partial charge in [-0.25, -0.2) is 8.42 Å². The van der Waals surface area contributed by atoms with Gasteiger partial charge in [-0.3, -0.25) is 4.79 Å². The molecule has 1 amide bonds. The lowest BCUT2D eigenvalue weighted by molar-refractivity contribution is -0.121. The highest BCUT2D eigenvalue weighted by molar-refractivity contribution is 7.91. The topological polar surface area (TPSA) is 84.5 Å². The molecule has 0 rings (SSSR count). The van der Waals surface area contributed by atoms with E-state index in [4.69, 9.17) is 4.74 Å². The zero-order valence-electron chi connectivity index (χ0n) is 15.6. The number of unbranched alkanes of at least 4 members (excludes halogenated alkanes) is 1. The molecule has 0 aromatic heterocycles. The van der Waals surface area contributed by atoms with Crippen LogP contribution < -0.4 is 10.6 Å². The minimum Gasteiger partial charge on any atom is -0.381 e. The quantitative estimate of drug-likeness (QED) is 0.409. The maximum atomic E-state index is 11.9. The standard InChI is InChI=1S/C17H36N2O4S/c1-4-12-23-13-7-9-17(20)19-10-5-6-14-24(21,22)15-8-11-18-16(2)3/h16,18H,4-15H2,1-3H3,(H,19,20). The van der Waals surface area contributed by atoms with Crippen LogP contribution in [0.5, 0.6) is 0 Å². The number of carbonyl (C=O) groups is 1. The molecule has 24 heavy (non-hydrogen) atoms. The molecule has 0 saturated carbocycles. The number of ether oxygens (including phenoxy) is 1. The van der Waals surface area contributed by atoms with E-state index >= 15 is 0 Å². The Balaban J connectivity index is 3.54. The van der Waals surface area contributed by atoms with Crippen LogP contribution in [0.2, 0.25) is 0 Å². The molecule has 2 N–H and O–H groups in total. The summed E-state index contributed by atoms with van der Waals surface area (Å²) in [7, 11) is -2.97. The van der Waals surface area contributed by atoms with Gasteiger partial charge in [0.15, 0.2) is 0 Å². The van der Waals surface area contributed by atoms with Crippen LogP contribution in [0, 0.1) is 0 Å². The summed E-state index contributed by atoms with van der Waals surface area (Å²) in [6.07, 6.45) is 4.12. The number of sulfone groups is 1. The van der Waals surface area contributed by atoms with E-state index in [9.17, 15) is 13.2 Å². The first-order valence-corrected chi connectivity index (χ1v) is 11.0. The van der Waals surface area contributed by atoms with Gasteiger partial charge in [0.05, 0.1) is 11.5 Å². The molecule has 0 fully saturated rings. The Morgan fingerprint density at radius 3 is 2.38 bits per heavy atom. The summed E-state index contributed by atoms with van der Waals surface area (Å²) in [5, 5.41) is 6.04. The van der Waals surface area contributed by atoms with Crippen LogP contribution in [0.15, 0.2) is 0 Å². The lowest BCUT2D eigenvalue weighted by Gasteiger charge is -2.08. The van der Waals surface area contributed by atoms with Crippen molar-refractivity contribution in [2.75, 3.05) is 37.8 Å². The van der Waals surface area contributed by atoms with Crippen molar-refractivity contribution in [1.82, 2.24) is 10.6 Å². The molecule has 0 radical (unpaired) electrons. The minimum absolute atomic E-state index is 0.0118. The molecule has 0 aromatic carbocycles. The first-order valence-electron chi connectivity index (χ1n) is 9.15. The third-order valence-electron chi connectivity index (χ3n) is 3.43. The van der Waals surface area contributed by atoms with E-state index in [-0.39, 0.29) is 17.4 Å². The van der Waals surface area contributed by atoms with Gasteiger partial charge in [0.2, 0.25) is 5.91 Å². The summed E-state index contributed by atoms with van der Waals surface area (Å²) in [6.45, 7) is 8.76. The van der Waals surface area contributed by atoms with Gasteiger partial charge in [-0.05, 0) is 38.6 Å². The van der Waals surface area contributed by atoms with E-state index in [1.165, 1.54) is 0 Å². The maximum absolute atomic E-state index is 11.9. The van der Waals surface area contributed by atoms with E-state index in [2.05, 4.69) is 17.6 Å². The van der Waals surface area contributed by atoms with Crippen molar-refractivity contribution >= 4 is 15.7 Å². The number of hydrogen-bond acceptors (Lipinski definition) is 5. The van der Waals surface area contributed by atoms with Gasteiger partial charge in [0.25, 0.3) is 0 Å². The molecular weight excluding hydrogens is 328 g/mol. The highest BCUT2D eigenvalue weighted by Crippen LogP contribution is 2.00. The first-order chi connectivity index (χ1) is 11.4. The van der Waals surface area contributed by atoms with E-state index in [1.807, 2.05) is 13.8 Å². The molecule has 0 aliphatic heterocycles. The Morgan fingerprint density at radius 1 is 1.00 bits per heavy atom. The molecule has 0 saturated heterocycles. The van der Waals surface area contributed by atoms with Gasteiger partial charge in [-0.1, -0.05) is 20.8 Å². The van der Waals surface area contributed by atoms with Gasteiger partial charge in [-0.2, -0.15) is 0 Å². The number of nitrogens with one attached hydrogen (secondary N) is 2. The summed E-state index contributed by atoms with van der Waals surface area (Å²) in [5.74, 6) is 0.449. The van der Waals surface area contributed by atoms with Crippen LogP contribution in [-0.2, 0) is 19.4 Å². The SMILES string of the molecule is CCCOCCCC(=O)NCCCCS(=O)(=O)CCCNC(C)C. The zero-order chi connectivity index (χ0) is 18.3. The fraction of sp³-hybridized carbons (Fsp3) is 0.941. The van der Waals surface area contributed by atoms with Crippen molar-refractivity contribution in [2.24, 2.45) is 0 Å². The molecule has 0 heterocycles. The van der Waals surface area contributed by atoms with Crippen LogP contribution in [-0.4, -0.2) is 58.2 Å². The van der Waals surface area contributed by atoms with Crippen LogP contribution in [0.1, 0.15) is 59.3 Å². The summed E-state index contributed by atoms with van der Waals surface area (Å²) >= 11 is 0. The third-order valence-corrected chi connectivity index (χ3v) is 5.25. The van der Waals surface area contributed by atoms with Crippen molar-refractivity contribution in [3.63, 3.8) is 0 Å². The number of hydrogen-bond donors (Lipinski definition) is 2.